The van der Waals surface area contributed by atoms with E-state index in [0.29, 0.717) is 19.7 Å². The highest BCUT2D eigenvalue weighted by Gasteiger charge is 2.29. The van der Waals surface area contributed by atoms with Gasteiger partial charge in [0.25, 0.3) is 0 Å². The fraction of sp³-hybridized carbons (Fsp3) is 0.818. The van der Waals surface area contributed by atoms with Gasteiger partial charge >= 0.3 is 0 Å². The molecule has 0 saturated carbocycles. The number of nitrogens with two attached hydrogens (primary N) is 1. The van der Waals surface area contributed by atoms with Gasteiger partial charge in [0.1, 0.15) is 0 Å². The minimum absolute atomic E-state index is 0.00364. The summed E-state index contributed by atoms with van der Waals surface area (Å²) >= 11 is 0. The molecule has 0 bridgehead atoms. The van der Waals surface area contributed by atoms with E-state index in [4.69, 9.17) is 10.5 Å². The molecule has 0 spiro atoms. The third-order valence-corrected chi connectivity index (χ3v) is 2.69. The number of rotatable bonds is 6. The summed E-state index contributed by atoms with van der Waals surface area (Å²) in [6.45, 7) is 3.69. The van der Waals surface area contributed by atoms with Crippen LogP contribution in [0.5, 0.6) is 0 Å². The fourth-order valence-electron chi connectivity index (χ4n) is 1.89. The van der Waals surface area contributed by atoms with Crippen molar-refractivity contribution >= 4 is 11.8 Å². The van der Waals surface area contributed by atoms with Crippen LogP contribution in [0.1, 0.15) is 13.3 Å². The molecule has 0 aromatic rings. The Kier molecular flexibility index (Phi) is 5.37. The highest BCUT2D eigenvalue weighted by atomic mass is 16.5. The predicted molar refractivity (Wildman–Crippen MR) is 63.3 cm³/mol. The van der Waals surface area contributed by atoms with Gasteiger partial charge in [0.15, 0.2) is 0 Å². The summed E-state index contributed by atoms with van der Waals surface area (Å²) in [6, 6.07) is -0.241. The van der Waals surface area contributed by atoms with Crippen molar-refractivity contribution in [2.75, 3.05) is 39.9 Å². The summed E-state index contributed by atoms with van der Waals surface area (Å²) in [7, 11) is 1.56. The molecule has 6 heteroatoms. The average molecular weight is 243 g/mol. The molecule has 1 rings (SSSR count). The molecule has 2 N–H and O–H groups in total. The van der Waals surface area contributed by atoms with Gasteiger partial charge in [0, 0.05) is 26.2 Å². The Morgan fingerprint density at radius 3 is 2.47 bits per heavy atom. The van der Waals surface area contributed by atoms with Crippen molar-refractivity contribution in [2.24, 2.45) is 5.73 Å². The van der Waals surface area contributed by atoms with Crippen LogP contribution < -0.4 is 5.73 Å². The van der Waals surface area contributed by atoms with Crippen LogP contribution in [0.2, 0.25) is 0 Å². The molecule has 0 radical (unpaired) electrons. The third-order valence-electron chi connectivity index (χ3n) is 2.69. The molecule has 17 heavy (non-hydrogen) atoms. The molecule has 98 valence electrons. The second kappa shape index (κ2) is 6.56. The largest absolute Gasteiger partial charge is 0.383 e. The van der Waals surface area contributed by atoms with Gasteiger partial charge in [-0.15, -0.1) is 0 Å². The molecular weight excluding hydrogens is 222 g/mol. The summed E-state index contributed by atoms with van der Waals surface area (Å²) < 4.78 is 4.91. The molecule has 1 saturated heterocycles. The normalized spacial score (nSPS) is 18.8. The summed E-state index contributed by atoms with van der Waals surface area (Å²) in [5.41, 5.74) is 5.77. The fourth-order valence-corrected chi connectivity index (χ4v) is 1.89. The number of piperazine rings is 1. The molecular formula is C11H21N3O3. The number of amides is 2. The van der Waals surface area contributed by atoms with Crippen LogP contribution in [0.25, 0.3) is 0 Å². The van der Waals surface area contributed by atoms with E-state index in [9.17, 15) is 9.59 Å². The Morgan fingerprint density at radius 2 is 1.88 bits per heavy atom. The van der Waals surface area contributed by atoms with E-state index in [-0.39, 0.29) is 30.9 Å². The zero-order valence-corrected chi connectivity index (χ0v) is 10.5. The molecule has 0 aromatic carbocycles. The Hall–Kier alpha value is -1.14. The predicted octanol–water partition coefficient (Wildman–Crippen LogP) is -0.959. The Labute approximate surface area is 102 Å². The lowest BCUT2D eigenvalue weighted by Gasteiger charge is -2.34. The maximum atomic E-state index is 11.8. The van der Waals surface area contributed by atoms with Crippen molar-refractivity contribution in [1.82, 2.24) is 9.80 Å². The van der Waals surface area contributed by atoms with Crippen LogP contribution >= 0.6 is 0 Å². The zero-order chi connectivity index (χ0) is 12.8. The van der Waals surface area contributed by atoms with Gasteiger partial charge in [-0.25, -0.2) is 0 Å². The smallest absolute Gasteiger partial charge is 0.242 e. The van der Waals surface area contributed by atoms with E-state index in [2.05, 4.69) is 0 Å². The molecule has 0 aliphatic carbocycles. The van der Waals surface area contributed by atoms with Crippen LogP contribution in [0.15, 0.2) is 0 Å². The lowest BCUT2D eigenvalue weighted by Crippen LogP contribution is -2.56. The average Bonchev–Trinajstić information content (AvgIpc) is 2.26. The first-order valence-corrected chi connectivity index (χ1v) is 5.88. The highest BCUT2D eigenvalue weighted by molar-refractivity contribution is 5.92. The van der Waals surface area contributed by atoms with Gasteiger partial charge < -0.3 is 20.3 Å². The molecule has 1 unspecified atom stereocenters. The maximum absolute atomic E-state index is 11.8. The maximum Gasteiger partial charge on any atom is 0.242 e. The minimum atomic E-state index is -0.241. The van der Waals surface area contributed by atoms with Crippen molar-refractivity contribution in [3.8, 4) is 0 Å². The highest BCUT2D eigenvalue weighted by Crippen LogP contribution is 2.06. The van der Waals surface area contributed by atoms with Gasteiger partial charge in [-0.1, -0.05) is 6.92 Å². The first-order chi connectivity index (χ1) is 8.08. The summed E-state index contributed by atoms with van der Waals surface area (Å²) in [5, 5.41) is 0. The van der Waals surface area contributed by atoms with Crippen molar-refractivity contribution < 1.29 is 14.3 Å². The summed E-state index contributed by atoms with van der Waals surface area (Å²) in [4.78, 5) is 26.6. The van der Waals surface area contributed by atoms with Crippen LogP contribution in [0.4, 0.5) is 0 Å². The molecule has 1 fully saturated rings. The van der Waals surface area contributed by atoms with Crippen LogP contribution in [0.3, 0.4) is 0 Å². The number of carbonyl (C=O) groups excluding carboxylic acids is 2. The van der Waals surface area contributed by atoms with Crippen LogP contribution in [-0.2, 0) is 14.3 Å². The number of ether oxygens (including phenoxy) is 1. The monoisotopic (exact) mass is 243 g/mol. The Morgan fingerprint density at radius 1 is 1.29 bits per heavy atom. The lowest BCUT2D eigenvalue weighted by molar-refractivity contribution is -0.150. The SMILES string of the molecule is CCCN1CC(=O)N(CC(N)COC)CC1=O. The topological polar surface area (TPSA) is 75.9 Å². The number of carbonyl (C=O) groups is 2. The molecule has 1 heterocycles. The third kappa shape index (κ3) is 3.98. The lowest BCUT2D eigenvalue weighted by atomic mass is 10.2. The number of hydrogen-bond acceptors (Lipinski definition) is 4. The quantitative estimate of drug-likeness (QED) is 0.652. The summed E-state index contributed by atoms with van der Waals surface area (Å²) in [6.07, 6.45) is 0.863. The molecule has 1 atom stereocenters. The van der Waals surface area contributed by atoms with Crippen molar-refractivity contribution in [3.05, 3.63) is 0 Å². The summed E-state index contributed by atoms with van der Waals surface area (Å²) in [5.74, 6) is -0.0410. The zero-order valence-electron chi connectivity index (χ0n) is 10.5. The first-order valence-electron chi connectivity index (χ1n) is 5.88. The van der Waals surface area contributed by atoms with Crippen LogP contribution in [0, 0.1) is 0 Å². The number of hydrogen-bond donors (Lipinski definition) is 1. The number of nitrogens with zero attached hydrogens (tertiary/aromatic N) is 2. The number of methoxy groups -OCH3 is 1. The van der Waals surface area contributed by atoms with Gasteiger partial charge in [0.2, 0.25) is 11.8 Å². The van der Waals surface area contributed by atoms with Crippen molar-refractivity contribution in [3.63, 3.8) is 0 Å². The van der Waals surface area contributed by atoms with E-state index < -0.39 is 0 Å². The molecule has 1 aliphatic rings. The van der Waals surface area contributed by atoms with Crippen LogP contribution in [-0.4, -0.2) is 67.6 Å². The minimum Gasteiger partial charge on any atom is -0.383 e. The van der Waals surface area contributed by atoms with Gasteiger partial charge in [0.05, 0.1) is 19.7 Å². The van der Waals surface area contributed by atoms with Crippen molar-refractivity contribution in [1.29, 1.82) is 0 Å². The van der Waals surface area contributed by atoms with E-state index in [0.717, 1.165) is 6.42 Å². The Balaban J connectivity index is 2.49. The van der Waals surface area contributed by atoms with Gasteiger partial charge in [-0.05, 0) is 6.42 Å². The van der Waals surface area contributed by atoms with E-state index >= 15 is 0 Å². The van der Waals surface area contributed by atoms with E-state index in [1.54, 1.807) is 12.0 Å². The second-order valence-electron chi connectivity index (χ2n) is 4.30. The van der Waals surface area contributed by atoms with E-state index in [1.165, 1.54) is 4.90 Å². The first kappa shape index (κ1) is 13.9. The molecule has 1 aliphatic heterocycles. The van der Waals surface area contributed by atoms with E-state index in [1.807, 2.05) is 6.92 Å². The Bertz CT molecular complexity index is 283. The molecule has 0 aromatic heterocycles. The molecule has 6 nitrogen and oxygen atoms in total. The van der Waals surface area contributed by atoms with Crippen molar-refractivity contribution in [2.45, 2.75) is 19.4 Å². The molecule has 2 amide bonds. The van der Waals surface area contributed by atoms with Gasteiger partial charge in [-0.2, -0.15) is 0 Å². The standard InChI is InChI=1S/C11H21N3O3/c1-3-4-13-6-11(16)14(7-10(13)15)5-9(12)8-17-2/h9H,3-8,12H2,1-2H3. The van der Waals surface area contributed by atoms with Gasteiger partial charge in [-0.3, -0.25) is 9.59 Å². The second-order valence-corrected chi connectivity index (χ2v) is 4.30.